The van der Waals surface area contributed by atoms with Crippen LogP contribution >= 0.6 is 0 Å². The van der Waals surface area contributed by atoms with Crippen LogP contribution in [-0.4, -0.2) is 32.0 Å². The molecular formula is C5H12N2O2S. The van der Waals surface area contributed by atoms with E-state index in [1.165, 1.54) is 0 Å². The Balaban J connectivity index is 2.66. The van der Waals surface area contributed by atoms with E-state index in [0.29, 0.717) is 6.42 Å². The van der Waals surface area contributed by atoms with Crippen molar-refractivity contribution >= 4 is 9.84 Å². The summed E-state index contributed by atoms with van der Waals surface area (Å²) < 4.78 is 21.7. The highest BCUT2D eigenvalue weighted by Gasteiger charge is 2.27. The summed E-state index contributed by atoms with van der Waals surface area (Å²) in [6.45, 7) is 0. The van der Waals surface area contributed by atoms with Crippen molar-refractivity contribution in [2.75, 3.05) is 11.5 Å². The second-order valence-electron chi connectivity index (χ2n) is 2.73. The minimum atomic E-state index is -2.87. The largest absolute Gasteiger partial charge is 0.326 e. The molecule has 0 aromatic rings. The van der Waals surface area contributed by atoms with Gasteiger partial charge in [-0.15, -0.1) is 0 Å². The molecule has 0 amide bonds. The van der Waals surface area contributed by atoms with E-state index in [2.05, 4.69) is 0 Å². The normalized spacial score (nSPS) is 39.4. The Hall–Kier alpha value is -0.130. The number of hydrogen-bond acceptors (Lipinski definition) is 4. The highest BCUT2D eigenvalue weighted by atomic mass is 32.2. The third-order valence-corrected chi connectivity index (χ3v) is 3.51. The van der Waals surface area contributed by atoms with Crippen molar-refractivity contribution in [1.82, 2.24) is 0 Å². The lowest BCUT2D eigenvalue weighted by atomic mass is 10.1. The summed E-state index contributed by atoms with van der Waals surface area (Å²) in [7, 11) is -2.87. The van der Waals surface area contributed by atoms with Gasteiger partial charge in [-0.3, -0.25) is 0 Å². The summed E-state index contributed by atoms with van der Waals surface area (Å²) >= 11 is 0. The van der Waals surface area contributed by atoms with Gasteiger partial charge in [0.15, 0.2) is 9.84 Å². The van der Waals surface area contributed by atoms with Gasteiger partial charge in [0.1, 0.15) is 0 Å². The number of sulfone groups is 1. The summed E-state index contributed by atoms with van der Waals surface area (Å²) in [5.41, 5.74) is 11.0. The van der Waals surface area contributed by atoms with Gasteiger partial charge in [-0.25, -0.2) is 8.42 Å². The molecule has 1 aliphatic rings. The van der Waals surface area contributed by atoms with Crippen LogP contribution in [0.15, 0.2) is 0 Å². The molecule has 1 aliphatic heterocycles. The fourth-order valence-corrected chi connectivity index (χ4v) is 2.66. The van der Waals surface area contributed by atoms with Gasteiger partial charge in [0.05, 0.1) is 11.5 Å². The Morgan fingerprint density at radius 2 is 1.80 bits per heavy atom. The van der Waals surface area contributed by atoms with Crippen molar-refractivity contribution in [3.05, 3.63) is 0 Å². The maximum absolute atomic E-state index is 10.9. The summed E-state index contributed by atoms with van der Waals surface area (Å²) in [6, 6.07) is -0.498. The van der Waals surface area contributed by atoms with Gasteiger partial charge in [0.2, 0.25) is 0 Å². The fraction of sp³-hybridized carbons (Fsp3) is 1.00. The van der Waals surface area contributed by atoms with E-state index < -0.39 is 9.84 Å². The fourth-order valence-electron chi connectivity index (χ4n) is 1.03. The molecule has 1 saturated heterocycles. The molecule has 5 heteroatoms. The van der Waals surface area contributed by atoms with Crippen LogP contribution in [0.4, 0.5) is 0 Å². The van der Waals surface area contributed by atoms with Gasteiger partial charge in [-0.2, -0.15) is 0 Å². The highest BCUT2D eigenvalue weighted by Crippen LogP contribution is 2.08. The molecule has 1 rings (SSSR count). The van der Waals surface area contributed by atoms with Crippen molar-refractivity contribution in [1.29, 1.82) is 0 Å². The Morgan fingerprint density at radius 1 is 1.20 bits per heavy atom. The molecule has 0 aromatic carbocycles. The first-order chi connectivity index (χ1) is 4.51. The highest BCUT2D eigenvalue weighted by molar-refractivity contribution is 7.91. The zero-order chi connectivity index (χ0) is 7.78. The molecule has 4 N–H and O–H groups in total. The lowest BCUT2D eigenvalue weighted by Crippen LogP contribution is -2.50. The second-order valence-corrected chi connectivity index (χ2v) is 4.96. The minimum absolute atomic E-state index is 0.0498. The maximum Gasteiger partial charge on any atom is 0.151 e. The smallest absolute Gasteiger partial charge is 0.151 e. The molecule has 0 aliphatic carbocycles. The Bertz CT molecular complexity index is 212. The quantitative estimate of drug-likeness (QED) is 0.454. The number of rotatable bonds is 0. The standard InChI is InChI=1S/C5H12N2O2S/c6-4-1-2-10(8,9)3-5(4)7/h4-5H,1-3,6-7H2/t4-,5+/m1/s1. The minimum Gasteiger partial charge on any atom is -0.326 e. The first-order valence-electron chi connectivity index (χ1n) is 3.23. The van der Waals surface area contributed by atoms with E-state index in [4.69, 9.17) is 11.5 Å². The summed E-state index contributed by atoms with van der Waals surface area (Å²) in [6.07, 6.45) is 0.503. The molecule has 0 radical (unpaired) electrons. The van der Waals surface area contributed by atoms with Crippen LogP contribution in [0.1, 0.15) is 6.42 Å². The third kappa shape index (κ3) is 1.68. The van der Waals surface area contributed by atoms with E-state index in [-0.39, 0.29) is 23.6 Å². The molecule has 1 heterocycles. The van der Waals surface area contributed by atoms with Crippen LogP contribution in [0.25, 0.3) is 0 Å². The van der Waals surface area contributed by atoms with Crippen LogP contribution in [0.2, 0.25) is 0 Å². The molecule has 60 valence electrons. The summed E-state index contributed by atoms with van der Waals surface area (Å²) in [5, 5.41) is 0. The molecule has 4 nitrogen and oxygen atoms in total. The second kappa shape index (κ2) is 2.48. The van der Waals surface area contributed by atoms with Gasteiger partial charge >= 0.3 is 0 Å². The van der Waals surface area contributed by atoms with Crippen molar-refractivity contribution in [2.45, 2.75) is 18.5 Å². The van der Waals surface area contributed by atoms with Gasteiger partial charge < -0.3 is 11.5 Å². The number of nitrogens with two attached hydrogens (primary N) is 2. The maximum atomic E-state index is 10.9. The predicted octanol–water partition coefficient (Wildman–Crippen LogP) is -1.54. The van der Waals surface area contributed by atoms with E-state index in [1.54, 1.807) is 0 Å². The molecular weight excluding hydrogens is 152 g/mol. The van der Waals surface area contributed by atoms with Crippen LogP contribution < -0.4 is 11.5 Å². The first-order valence-corrected chi connectivity index (χ1v) is 5.05. The van der Waals surface area contributed by atoms with Crippen molar-refractivity contribution in [3.8, 4) is 0 Å². The van der Waals surface area contributed by atoms with Gasteiger partial charge in [0, 0.05) is 12.1 Å². The molecule has 1 fully saturated rings. The van der Waals surface area contributed by atoms with Crippen molar-refractivity contribution in [2.24, 2.45) is 11.5 Å². The monoisotopic (exact) mass is 164 g/mol. The lowest BCUT2D eigenvalue weighted by molar-refractivity contribution is 0.501. The molecule has 0 spiro atoms. The van der Waals surface area contributed by atoms with E-state index in [9.17, 15) is 8.42 Å². The van der Waals surface area contributed by atoms with Crippen LogP contribution in [-0.2, 0) is 9.84 Å². The topological polar surface area (TPSA) is 86.2 Å². The van der Waals surface area contributed by atoms with E-state index in [1.807, 2.05) is 0 Å². The average molecular weight is 164 g/mol. The molecule has 10 heavy (non-hydrogen) atoms. The van der Waals surface area contributed by atoms with Crippen molar-refractivity contribution in [3.63, 3.8) is 0 Å². The molecule has 0 saturated carbocycles. The van der Waals surface area contributed by atoms with E-state index in [0.717, 1.165) is 0 Å². The lowest BCUT2D eigenvalue weighted by Gasteiger charge is -2.24. The van der Waals surface area contributed by atoms with Gasteiger partial charge in [-0.1, -0.05) is 0 Å². The molecule has 0 unspecified atom stereocenters. The van der Waals surface area contributed by atoms with E-state index >= 15 is 0 Å². The zero-order valence-electron chi connectivity index (χ0n) is 5.66. The summed E-state index contributed by atoms with van der Waals surface area (Å²) in [4.78, 5) is 0. The summed E-state index contributed by atoms with van der Waals surface area (Å²) in [5.74, 6) is 0.246. The number of hydrogen-bond donors (Lipinski definition) is 2. The van der Waals surface area contributed by atoms with Crippen molar-refractivity contribution < 1.29 is 8.42 Å². The van der Waals surface area contributed by atoms with Crippen LogP contribution in [0, 0.1) is 0 Å². The third-order valence-electron chi connectivity index (χ3n) is 1.76. The van der Waals surface area contributed by atoms with Crippen LogP contribution in [0.3, 0.4) is 0 Å². The van der Waals surface area contributed by atoms with Gasteiger partial charge in [0.25, 0.3) is 0 Å². The van der Waals surface area contributed by atoms with Gasteiger partial charge in [-0.05, 0) is 6.42 Å². The Labute approximate surface area is 60.5 Å². The first kappa shape index (κ1) is 7.97. The Morgan fingerprint density at radius 3 is 2.20 bits per heavy atom. The van der Waals surface area contributed by atoms with Crippen LogP contribution in [0.5, 0.6) is 0 Å². The predicted molar refractivity (Wildman–Crippen MR) is 39.2 cm³/mol. The molecule has 0 aromatic heterocycles. The molecule has 2 atom stereocenters. The average Bonchev–Trinajstić information content (AvgIpc) is 1.79. The SMILES string of the molecule is N[C@@H]1CCS(=O)(=O)C[C@@H]1N. The molecule has 0 bridgehead atoms. The Kier molecular flexibility index (Phi) is 1.98. The zero-order valence-corrected chi connectivity index (χ0v) is 6.47.